The van der Waals surface area contributed by atoms with Gasteiger partial charge in [-0.3, -0.25) is 0 Å². The number of benzene rings is 2. The third-order valence-corrected chi connectivity index (χ3v) is 6.85. The first-order chi connectivity index (χ1) is 14.6. The van der Waals surface area contributed by atoms with E-state index in [1.54, 1.807) is 0 Å². The number of aryl methyl sites for hydroxylation is 1. The number of carbonyl (C=O) groups excluding carboxylic acids is 1. The molecule has 0 saturated carbocycles. The summed E-state index contributed by atoms with van der Waals surface area (Å²) in [5, 5.41) is 0. The van der Waals surface area contributed by atoms with Gasteiger partial charge in [0, 0.05) is 0 Å². The van der Waals surface area contributed by atoms with E-state index in [-0.39, 0.29) is 16.8 Å². The molecule has 1 aliphatic rings. The van der Waals surface area contributed by atoms with Gasteiger partial charge in [-0.05, 0) is 89.0 Å². The van der Waals surface area contributed by atoms with Crippen LogP contribution >= 0.6 is 0 Å². The van der Waals surface area contributed by atoms with Crippen LogP contribution in [0.3, 0.4) is 0 Å². The number of esters is 1. The quantitative estimate of drug-likeness (QED) is 0.354. The molecule has 0 amide bonds. The fourth-order valence-electron chi connectivity index (χ4n) is 4.64. The van der Waals surface area contributed by atoms with Crippen LogP contribution in [0, 0.1) is 0 Å². The van der Waals surface area contributed by atoms with Gasteiger partial charge in [-0.25, -0.2) is 4.79 Å². The molecule has 0 radical (unpaired) electrons. The van der Waals surface area contributed by atoms with Gasteiger partial charge in [0.2, 0.25) is 0 Å². The van der Waals surface area contributed by atoms with Crippen molar-refractivity contribution < 1.29 is 9.53 Å². The van der Waals surface area contributed by atoms with Crippen molar-refractivity contribution in [2.24, 2.45) is 0 Å². The van der Waals surface area contributed by atoms with Crippen molar-refractivity contribution in [1.82, 2.24) is 0 Å². The number of hydrogen-bond acceptors (Lipinski definition) is 2. The normalized spacial score (nSPS) is 17.2. The van der Waals surface area contributed by atoms with Gasteiger partial charge in [0.05, 0.1) is 12.2 Å². The number of ether oxygens (including phenoxy) is 1. The molecule has 0 saturated heterocycles. The molecule has 0 N–H and O–H groups in total. The smallest absolute Gasteiger partial charge is 0.338 e. The second-order valence-corrected chi connectivity index (χ2v) is 10.3. The predicted octanol–water partition coefficient (Wildman–Crippen LogP) is 7.73. The number of allylic oxidation sites excluding steroid dienone is 1. The molecule has 0 aliphatic heterocycles. The summed E-state index contributed by atoms with van der Waals surface area (Å²) in [6, 6.07) is 12.6. The zero-order chi connectivity index (χ0) is 22.8. The Morgan fingerprint density at radius 1 is 0.968 bits per heavy atom. The Morgan fingerprint density at radius 3 is 2.10 bits per heavy atom. The second kappa shape index (κ2) is 9.02. The van der Waals surface area contributed by atoms with Gasteiger partial charge in [0.1, 0.15) is 0 Å². The summed E-state index contributed by atoms with van der Waals surface area (Å²) in [6.07, 6.45) is 6.53. The highest BCUT2D eigenvalue weighted by molar-refractivity contribution is 5.90. The molecule has 0 heterocycles. The van der Waals surface area contributed by atoms with E-state index in [9.17, 15) is 4.79 Å². The SMILES string of the molecule is CCCOC(=O)c1ccc(C=C(C)c2cc3c(cc2CC)C(C)(C)CCC3(C)C)cc1. The van der Waals surface area contributed by atoms with Crippen molar-refractivity contribution in [3.8, 4) is 0 Å². The van der Waals surface area contributed by atoms with E-state index < -0.39 is 0 Å². The predicted molar refractivity (Wildman–Crippen MR) is 132 cm³/mol. The molecule has 0 atom stereocenters. The molecule has 0 aromatic heterocycles. The number of rotatable bonds is 6. The minimum atomic E-state index is -0.248. The first kappa shape index (κ1) is 23.3. The van der Waals surface area contributed by atoms with E-state index in [1.807, 2.05) is 31.2 Å². The Balaban J connectivity index is 1.97. The lowest BCUT2D eigenvalue weighted by Crippen LogP contribution is -2.34. The van der Waals surface area contributed by atoms with E-state index in [1.165, 1.54) is 40.7 Å². The first-order valence-corrected chi connectivity index (χ1v) is 11.7. The summed E-state index contributed by atoms with van der Waals surface area (Å²) in [5.74, 6) is -0.248. The van der Waals surface area contributed by atoms with Crippen LogP contribution in [-0.4, -0.2) is 12.6 Å². The van der Waals surface area contributed by atoms with Crippen LogP contribution in [0.2, 0.25) is 0 Å². The summed E-state index contributed by atoms with van der Waals surface area (Å²) in [5.41, 5.74) is 9.18. The first-order valence-electron chi connectivity index (χ1n) is 11.7. The van der Waals surface area contributed by atoms with E-state index in [0.29, 0.717) is 12.2 Å². The maximum Gasteiger partial charge on any atom is 0.338 e. The maximum absolute atomic E-state index is 12.1. The van der Waals surface area contributed by atoms with Gasteiger partial charge in [0.15, 0.2) is 0 Å². The van der Waals surface area contributed by atoms with E-state index in [0.717, 1.165) is 18.4 Å². The molecule has 0 fully saturated rings. The van der Waals surface area contributed by atoms with Crippen molar-refractivity contribution in [3.05, 3.63) is 69.8 Å². The third kappa shape index (κ3) is 4.95. The molecule has 0 unspecified atom stereocenters. The number of hydrogen-bond donors (Lipinski definition) is 0. The zero-order valence-corrected chi connectivity index (χ0v) is 20.4. The lowest BCUT2D eigenvalue weighted by atomic mass is 9.62. The average molecular weight is 419 g/mol. The Morgan fingerprint density at radius 2 is 1.55 bits per heavy atom. The lowest BCUT2D eigenvalue weighted by molar-refractivity contribution is 0.0505. The van der Waals surface area contributed by atoms with Gasteiger partial charge in [-0.1, -0.05) is 71.9 Å². The number of fused-ring (bicyclic) bond motifs is 1. The van der Waals surface area contributed by atoms with Gasteiger partial charge < -0.3 is 4.74 Å². The minimum absolute atomic E-state index is 0.201. The lowest BCUT2D eigenvalue weighted by Gasteiger charge is -2.42. The molecule has 1 aliphatic carbocycles. The molecule has 31 heavy (non-hydrogen) atoms. The van der Waals surface area contributed by atoms with Crippen LogP contribution in [0.5, 0.6) is 0 Å². The van der Waals surface area contributed by atoms with E-state index >= 15 is 0 Å². The monoisotopic (exact) mass is 418 g/mol. The number of carbonyl (C=O) groups is 1. The topological polar surface area (TPSA) is 26.3 Å². The molecule has 2 nitrogen and oxygen atoms in total. The van der Waals surface area contributed by atoms with Crippen LogP contribution in [0.4, 0.5) is 0 Å². The zero-order valence-electron chi connectivity index (χ0n) is 20.4. The Labute approximate surface area is 188 Å². The fraction of sp³-hybridized carbons (Fsp3) is 0.483. The molecular weight excluding hydrogens is 380 g/mol. The summed E-state index contributed by atoms with van der Waals surface area (Å²) < 4.78 is 5.23. The third-order valence-electron chi connectivity index (χ3n) is 6.85. The standard InChI is InChI=1S/C29H38O2/c1-8-16-31-27(30)23-12-10-21(11-13-23)17-20(3)24-19-26-25(18-22(24)9-2)28(4,5)14-15-29(26,6)7/h10-13,17-19H,8-9,14-16H2,1-7H3. The summed E-state index contributed by atoms with van der Waals surface area (Å²) in [7, 11) is 0. The highest BCUT2D eigenvalue weighted by atomic mass is 16.5. The van der Waals surface area contributed by atoms with Gasteiger partial charge >= 0.3 is 5.97 Å². The highest BCUT2D eigenvalue weighted by Gasteiger charge is 2.37. The van der Waals surface area contributed by atoms with Crippen LogP contribution in [-0.2, 0) is 22.0 Å². The van der Waals surface area contributed by atoms with Crippen LogP contribution < -0.4 is 0 Å². The van der Waals surface area contributed by atoms with Crippen molar-refractivity contribution in [3.63, 3.8) is 0 Å². The Kier molecular flexibility index (Phi) is 6.79. The molecular formula is C29H38O2. The van der Waals surface area contributed by atoms with E-state index in [2.05, 4.69) is 59.8 Å². The fourth-order valence-corrected chi connectivity index (χ4v) is 4.64. The van der Waals surface area contributed by atoms with Crippen LogP contribution in [0.1, 0.15) is 106 Å². The molecule has 0 spiro atoms. The van der Waals surface area contributed by atoms with E-state index in [4.69, 9.17) is 4.74 Å². The Hall–Kier alpha value is -2.35. The van der Waals surface area contributed by atoms with Crippen molar-refractivity contribution in [2.45, 2.75) is 85.0 Å². The van der Waals surface area contributed by atoms with Crippen molar-refractivity contribution >= 4 is 17.6 Å². The van der Waals surface area contributed by atoms with Crippen LogP contribution in [0.15, 0.2) is 36.4 Å². The van der Waals surface area contributed by atoms with Gasteiger partial charge in [0.25, 0.3) is 0 Å². The van der Waals surface area contributed by atoms with Crippen molar-refractivity contribution in [1.29, 1.82) is 0 Å². The summed E-state index contributed by atoms with van der Waals surface area (Å²) in [6.45, 7) is 16.4. The molecule has 0 bridgehead atoms. The average Bonchev–Trinajstić information content (AvgIpc) is 2.75. The highest BCUT2D eigenvalue weighted by Crippen LogP contribution is 2.47. The molecule has 2 aromatic carbocycles. The second-order valence-electron chi connectivity index (χ2n) is 10.3. The van der Waals surface area contributed by atoms with Gasteiger partial charge in [-0.15, -0.1) is 0 Å². The minimum Gasteiger partial charge on any atom is -0.462 e. The molecule has 2 heteroatoms. The van der Waals surface area contributed by atoms with Crippen molar-refractivity contribution in [2.75, 3.05) is 6.61 Å². The molecule has 3 rings (SSSR count). The largest absolute Gasteiger partial charge is 0.462 e. The summed E-state index contributed by atoms with van der Waals surface area (Å²) in [4.78, 5) is 12.1. The molecule has 166 valence electrons. The summed E-state index contributed by atoms with van der Waals surface area (Å²) >= 11 is 0. The van der Waals surface area contributed by atoms with Crippen LogP contribution in [0.25, 0.3) is 11.6 Å². The molecule has 2 aromatic rings. The maximum atomic E-state index is 12.1. The van der Waals surface area contributed by atoms with Gasteiger partial charge in [-0.2, -0.15) is 0 Å². The Bertz CT molecular complexity index is 975.